The maximum absolute atomic E-state index is 13.1. The topological polar surface area (TPSA) is 57.0 Å². The molecule has 0 atom stereocenters. The SMILES string of the molecule is Cn1c(-c2oncc2N)cc2cccc(C(F)(F)F)c21. The molecule has 0 saturated carbocycles. The Balaban J connectivity index is 2.34. The lowest BCUT2D eigenvalue weighted by molar-refractivity contribution is -0.136. The minimum atomic E-state index is -4.42. The van der Waals surface area contributed by atoms with Crippen LogP contribution in [-0.2, 0) is 13.2 Å². The Hall–Kier alpha value is -2.44. The number of aryl methyl sites for hydroxylation is 1. The fourth-order valence-electron chi connectivity index (χ4n) is 2.31. The lowest BCUT2D eigenvalue weighted by Crippen LogP contribution is -2.07. The molecule has 0 fully saturated rings. The predicted molar refractivity (Wildman–Crippen MR) is 67.8 cm³/mol. The van der Waals surface area contributed by atoms with Crippen LogP contribution in [0.5, 0.6) is 0 Å². The van der Waals surface area contributed by atoms with Gasteiger partial charge in [0.15, 0.2) is 0 Å². The Morgan fingerprint density at radius 2 is 2.05 bits per heavy atom. The summed E-state index contributed by atoms with van der Waals surface area (Å²) in [5.41, 5.74) is 5.82. The van der Waals surface area contributed by atoms with E-state index in [1.54, 1.807) is 12.1 Å². The molecule has 0 aliphatic heterocycles. The van der Waals surface area contributed by atoms with Crippen molar-refractivity contribution in [3.63, 3.8) is 0 Å². The van der Waals surface area contributed by atoms with Gasteiger partial charge in [-0.15, -0.1) is 0 Å². The van der Waals surface area contributed by atoms with E-state index in [1.807, 2.05) is 0 Å². The van der Waals surface area contributed by atoms with Crippen LogP contribution in [-0.4, -0.2) is 9.72 Å². The maximum atomic E-state index is 13.1. The van der Waals surface area contributed by atoms with Crippen LogP contribution in [0.15, 0.2) is 35.0 Å². The van der Waals surface area contributed by atoms with E-state index in [1.165, 1.54) is 23.9 Å². The molecule has 0 saturated heterocycles. The molecule has 2 heterocycles. The number of rotatable bonds is 1. The Bertz CT molecular complexity index is 786. The first kappa shape index (κ1) is 12.6. The summed E-state index contributed by atoms with van der Waals surface area (Å²) in [7, 11) is 1.54. The van der Waals surface area contributed by atoms with Crippen molar-refractivity contribution >= 4 is 16.6 Å². The van der Waals surface area contributed by atoms with Crippen molar-refractivity contribution in [3.8, 4) is 11.5 Å². The average Bonchev–Trinajstić information content (AvgIpc) is 2.92. The van der Waals surface area contributed by atoms with Crippen LogP contribution in [0.3, 0.4) is 0 Å². The number of para-hydroxylation sites is 1. The second kappa shape index (κ2) is 4.03. The summed E-state index contributed by atoms with van der Waals surface area (Å²) in [5, 5.41) is 4.01. The van der Waals surface area contributed by atoms with E-state index in [2.05, 4.69) is 5.16 Å². The molecular formula is C13H10F3N3O. The Labute approximate surface area is 111 Å². The fourth-order valence-corrected chi connectivity index (χ4v) is 2.31. The minimum Gasteiger partial charge on any atom is -0.394 e. The number of hydrogen-bond acceptors (Lipinski definition) is 3. The van der Waals surface area contributed by atoms with E-state index in [9.17, 15) is 13.2 Å². The van der Waals surface area contributed by atoms with E-state index in [-0.39, 0.29) is 17.0 Å². The average molecular weight is 281 g/mol. The molecule has 104 valence electrons. The molecule has 3 aromatic rings. The summed E-state index contributed by atoms with van der Waals surface area (Å²) in [6.07, 6.45) is -3.10. The van der Waals surface area contributed by atoms with E-state index in [0.29, 0.717) is 11.1 Å². The normalized spacial score (nSPS) is 12.2. The number of anilines is 1. The lowest BCUT2D eigenvalue weighted by Gasteiger charge is -2.10. The molecule has 4 nitrogen and oxygen atoms in total. The summed E-state index contributed by atoms with van der Waals surface area (Å²) in [5.74, 6) is 0.261. The number of aromatic nitrogens is 2. The summed E-state index contributed by atoms with van der Waals surface area (Å²) < 4.78 is 45.6. The van der Waals surface area contributed by atoms with Crippen molar-refractivity contribution < 1.29 is 17.7 Å². The number of nitrogens with two attached hydrogens (primary N) is 1. The number of nitrogens with zero attached hydrogens (tertiary/aromatic N) is 2. The zero-order valence-corrected chi connectivity index (χ0v) is 10.4. The summed E-state index contributed by atoms with van der Waals surface area (Å²) >= 11 is 0. The molecule has 0 radical (unpaired) electrons. The van der Waals surface area contributed by atoms with E-state index in [0.717, 1.165) is 6.07 Å². The highest BCUT2D eigenvalue weighted by molar-refractivity contribution is 5.90. The lowest BCUT2D eigenvalue weighted by atomic mass is 10.1. The molecule has 2 aromatic heterocycles. The Kier molecular flexibility index (Phi) is 2.53. The number of halogens is 3. The van der Waals surface area contributed by atoms with Crippen LogP contribution in [0.25, 0.3) is 22.4 Å². The second-order valence-corrected chi connectivity index (χ2v) is 4.44. The monoisotopic (exact) mass is 281 g/mol. The molecular weight excluding hydrogens is 271 g/mol. The van der Waals surface area contributed by atoms with Crippen molar-refractivity contribution in [3.05, 3.63) is 36.0 Å². The summed E-state index contributed by atoms with van der Waals surface area (Å²) in [4.78, 5) is 0. The zero-order chi connectivity index (χ0) is 14.5. The van der Waals surface area contributed by atoms with Gasteiger partial charge in [-0.3, -0.25) is 0 Å². The first-order chi connectivity index (χ1) is 9.39. The molecule has 0 unspecified atom stereocenters. The molecule has 0 spiro atoms. The van der Waals surface area contributed by atoms with Crippen molar-refractivity contribution in [2.24, 2.45) is 7.05 Å². The van der Waals surface area contributed by atoms with Gasteiger partial charge in [0, 0.05) is 12.4 Å². The Morgan fingerprint density at radius 1 is 1.30 bits per heavy atom. The van der Waals surface area contributed by atoms with Gasteiger partial charge >= 0.3 is 6.18 Å². The van der Waals surface area contributed by atoms with Crippen molar-refractivity contribution in [1.29, 1.82) is 0 Å². The quantitative estimate of drug-likeness (QED) is 0.743. The number of alkyl halides is 3. The van der Waals surface area contributed by atoms with Crippen LogP contribution in [0, 0.1) is 0 Å². The van der Waals surface area contributed by atoms with Gasteiger partial charge in [-0.05, 0) is 12.1 Å². The van der Waals surface area contributed by atoms with Crippen molar-refractivity contribution in [2.45, 2.75) is 6.18 Å². The number of nitrogen functional groups attached to an aromatic ring is 1. The number of hydrogen-bond donors (Lipinski definition) is 1. The molecule has 0 aliphatic rings. The molecule has 0 aliphatic carbocycles. The molecule has 20 heavy (non-hydrogen) atoms. The van der Waals surface area contributed by atoms with Crippen LogP contribution < -0.4 is 5.73 Å². The van der Waals surface area contributed by atoms with Gasteiger partial charge in [-0.2, -0.15) is 13.2 Å². The van der Waals surface area contributed by atoms with Gasteiger partial charge in [-0.25, -0.2) is 0 Å². The first-order valence-corrected chi connectivity index (χ1v) is 5.75. The minimum absolute atomic E-state index is 0.0887. The molecule has 3 rings (SSSR count). The second-order valence-electron chi connectivity index (χ2n) is 4.44. The largest absolute Gasteiger partial charge is 0.418 e. The first-order valence-electron chi connectivity index (χ1n) is 5.75. The zero-order valence-electron chi connectivity index (χ0n) is 10.4. The Morgan fingerprint density at radius 3 is 2.65 bits per heavy atom. The highest BCUT2D eigenvalue weighted by Crippen LogP contribution is 2.38. The fraction of sp³-hybridized carbons (Fsp3) is 0.154. The van der Waals surface area contributed by atoms with Gasteiger partial charge in [0.25, 0.3) is 0 Å². The van der Waals surface area contributed by atoms with Gasteiger partial charge < -0.3 is 14.8 Å². The number of fused-ring (bicyclic) bond motifs is 1. The highest BCUT2D eigenvalue weighted by atomic mass is 19.4. The molecule has 0 bridgehead atoms. The van der Waals surface area contributed by atoms with Gasteiger partial charge in [0.2, 0.25) is 5.76 Å². The highest BCUT2D eigenvalue weighted by Gasteiger charge is 2.34. The van der Waals surface area contributed by atoms with Crippen LogP contribution in [0.4, 0.5) is 18.9 Å². The van der Waals surface area contributed by atoms with Crippen molar-refractivity contribution in [1.82, 2.24) is 9.72 Å². The van der Waals surface area contributed by atoms with Crippen molar-refractivity contribution in [2.75, 3.05) is 5.73 Å². The third kappa shape index (κ3) is 1.74. The smallest absolute Gasteiger partial charge is 0.394 e. The molecule has 7 heteroatoms. The molecule has 1 aromatic carbocycles. The van der Waals surface area contributed by atoms with Crippen LogP contribution >= 0.6 is 0 Å². The maximum Gasteiger partial charge on any atom is 0.418 e. The van der Waals surface area contributed by atoms with Gasteiger partial charge in [0.05, 0.1) is 23.0 Å². The van der Waals surface area contributed by atoms with E-state index in [4.69, 9.17) is 10.3 Å². The molecule has 2 N–H and O–H groups in total. The summed E-state index contributed by atoms with van der Waals surface area (Å²) in [6, 6.07) is 5.64. The van der Waals surface area contributed by atoms with E-state index >= 15 is 0 Å². The third-order valence-corrected chi connectivity index (χ3v) is 3.19. The predicted octanol–water partition coefficient (Wildman–Crippen LogP) is 3.43. The third-order valence-electron chi connectivity index (χ3n) is 3.19. The van der Waals surface area contributed by atoms with Crippen LogP contribution in [0.1, 0.15) is 5.56 Å². The van der Waals surface area contributed by atoms with E-state index < -0.39 is 11.7 Å². The standard InChI is InChI=1S/C13H10F3N3O/c1-19-10(12-9(17)6-18-20-12)5-7-3-2-4-8(11(7)19)13(14,15)16/h2-6H,17H2,1H3. The van der Waals surface area contributed by atoms with Gasteiger partial charge in [-0.1, -0.05) is 17.3 Å². The number of benzene rings is 1. The molecule has 0 amide bonds. The summed E-state index contributed by atoms with van der Waals surface area (Å²) in [6.45, 7) is 0. The van der Waals surface area contributed by atoms with Crippen LogP contribution in [0.2, 0.25) is 0 Å². The van der Waals surface area contributed by atoms with Gasteiger partial charge in [0.1, 0.15) is 5.69 Å².